The van der Waals surface area contributed by atoms with E-state index in [0.717, 1.165) is 59.4 Å². The molecule has 146 valence electrons. The Morgan fingerprint density at radius 3 is 2.62 bits per heavy atom. The predicted molar refractivity (Wildman–Crippen MR) is 115 cm³/mol. The van der Waals surface area contributed by atoms with Gasteiger partial charge in [0.05, 0.1) is 6.54 Å². The highest BCUT2D eigenvalue weighted by Gasteiger charge is 2.25. The number of hydrogen-bond donors (Lipinski definition) is 1. The fraction of sp³-hybridized carbons (Fsp3) is 0.250. The van der Waals surface area contributed by atoms with Gasteiger partial charge in [0, 0.05) is 17.0 Å². The van der Waals surface area contributed by atoms with Gasteiger partial charge in [0.2, 0.25) is 5.91 Å². The zero-order chi connectivity index (χ0) is 19.6. The Hall–Kier alpha value is -3.18. The molecule has 0 bridgehead atoms. The first kappa shape index (κ1) is 17.9. The maximum atomic E-state index is 12.6. The Morgan fingerprint density at radius 1 is 1.00 bits per heavy atom. The summed E-state index contributed by atoms with van der Waals surface area (Å²) in [5.74, 6) is 1.17. The van der Waals surface area contributed by atoms with Crippen LogP contribution in [0.15, 0.2) is 71.1 Å². The second-order valence-corrected chi connectivity index (χ2v) is 7.65. The Balaban J connectivity index is 1.19. The van der Waals surface area contributed by atoms with E-state index in [1.807, 2.05) is 54.6 Å². The first-order valence-electron chi connectivity index (χ1n) is 10.1. The summed E-state index contributed by atoms with van der Waals surface area (Å²) in [6, 6.07) is 22.0. The monoisotopic (exact) mass is 385 g/mol. The largest absolute Gasteiger partial charge is 0.440 e. The van der Waals surface area contributed by atoms with Crippen LogP contribution in [0.25, 0.3) is 21.9 Å². The number of nitrogens with one attached hydrogen (secondary N) is 1. The second kappa shape index (κ2) is 7.68. The lowest BCUT2D eigenvalue weighted by molar-refractivity contribution is -0.117. The average molecular weight is 385 g/mol. The summed E-state index contributed by atoms with van der Waals surface area (Å²) in [6.45, 7) is 2.14. The number of aromatic nitrogens is 1. The smallest absolute Gasteiger partial charge is 0.238 e. The molecule has 0 radical (unpaired) electrons. The number of benzene rings is 3. The highest BCUT2D eigenvalue weighted by atomic mass is 16.3. The summed E-state index contributed by atoms with van der Waals surface area (Å²) in [5.41, 5.74) is 2.63. The fourth-order valence-electron chi connectivity index (χ4n) is 4.13. The summed E-state index contributed by atoms with van der Waals surface area (Å²) < 4.78 is 5.93. The van der Waals surface area contributed by atoms with Crippen LogP contribution in [0, 0.1) is 0 Å². The third kappa shape index (κ3) is 3.74. The number of rotatable bonds is 4. The van der Waals surface area contributed by atoms with E-state index < -0.39 is 0 Å². The number of amides is 1. The van der Waals surface area contributed by atoms with Crippen LogP contribution in [0.1, 0.15) is 24.7 Å². The van der Waals surface area contributed by atoms with Crippen molar-refractivity contribution < 1.29 is 9.21 Å². The van der Waals surface area contributed by atoms with Crippen molar-refractivity contribution in [3.05, 3.63) is 72.6 Å². The van der Waals surface area contributed by atoms with Crippen molar-refractivity contribution in [1.82, 2.24) is 9.88 Å². The molecule has 1 aliphatic heterocycles. The molecule has 0 unspecified atom stereocenters. The van der Waals surface area contributed by atoms with Gasteiger partial charge in [0.25, 0.3) is 0 Å². The lowest BCUT2D eigenvalue weighted by Crippen LogP contribution is -2.38. The topological polar surface area (TPSA) is 58.4 Å². The first-order chi connectivity index (χ1) is 14.3. The molecular weight excluding hydrogens is 362 g/mol. The number of nitrogens with zero attached hydrogens (tertiary/aromatic N) is 2. The van der Waals surface area contributed by atoms with Gasteiger partial charge in [-0.25, -0.2) is 4.98 Å². The lowest BCUT2D eigenvalue weighted by atomic mass is 9.97. The predicted octanol–water partition coefficient (Wildman–Crippen LogP) is 4.80. The summed E-state index contributed by atoms with van der Waals surface area (Å²) in [5, 5.41) is 5.28. The minimum absolute atomic E-state index is 0.0293. The van der Waals surface area contributed by atoms with Gasteiger partial charge in [0.15, 0.2) is 11.5 Å². The number of carbonyl (C=O) groups is 1. The van der Waals surface area contributed by atoms with E-state index in [1.54, 1.807) is 0 Å². The molecule has 1 fully saturated rings. The highest BCUT2D eigenvalue weighted by molar-refractivity contribution is 6.02. The van der Waals surface area contributed by atoms with Gasteiger partial charge < -0.3 is 9.73 Å². The summed E-state index contributed by atoms with van der Waals surface area (Å²) in [6.07, 6.45) is 1.91. The van der Waals surface area contributed by atoms with E-state index in [2.05, 4.69) is 27.3 Å². The number of carbonyl (C=O) groups excluding carboxylic acids is 1. The Morgan fingerprint density at radius 2 is 1.76 bits per heavy atom. The lowest BCUT2D eigenvalue weighted by Gasteiger charge is -2.29. The molecule has 1 aromatic heterocycles. The standard InChI is InChI=1S/C24H23N3O2/c28-23(25-20-10-5-7-17-6-1-2-8-19(17)20)16-27-14-12-18(13-15-27)24-26-21-9-3-4-11-22(21)29-24/h1-11,18H,12-16H2,(H,25,28). The van der Waals surface area contributed by atoms with E-state index in [-0.39, 0.29) is 5.91 Å². The highest BCUT2D eigenvalue weighted by Crippen LogP contribution is 2.30. The van der Waals surface area contributed by atoms with Crippen molar-refractivity contribution in [3.8, 4) is 0 Å². The molecule has 0 saturated carbocycles. The van der Waals surface area contributed by atoms with Gasteiger partial charge in [-0.05, 0) is 49.5 Å². The minimum atomic E-state index is 0.0293. The van der Waals surface area contributed by atoms with Gasteiger partial charge in [-0.1, -0.05) is 48.5 Å². The van der Waals surface area contributed by atoms with Crippen LogP contribution in [0.4, 0.5) is 5.69 Å². The zero-order valence-corrected chi connectivity index (χ0v) is 16.2. The maximum Gasteiger partial charge on any atom is 0.238 e. The van der Waals surface area contributed by atoms with Gasteiger partial charge in [-0.15, -0.1) is 0 Å². The third-order valence-corrected chi connectivity index (χ3v) is 5.68. The quantitative estimate of drug-likeness (QED) is 0.548. The van der Waals surface area contributed by atoms with Crippen molar-refractivity contribution >= 4 is 33.5 Å². The molecule has 1 amide bonds. The SMILES string of the molecule is O=C(CN1CCC(c2nc3ccccc3o2)CC1)Nc1cccc2ccccc12. The molecule has 0 aliphatic carbocycles. The van der Waals surface area contributed by atoms with Gasteiger partial charge in [0.1, 0.15) is 5.52 Å². The first-order valence-corrected chi connectivity index (χ1v) is 10.1. The number of piperidine rings is 1. The molecule has 1 saturated heterocycles. The van der Waals surface area contributed by atoms with Crippen molar-refractivity contribution in [1.29, 1.82) is 0 Å². The van der Waals surface area contributed by atoms with E-state index in [9.17, 15) is 4.79 Å². The number of likely N-dealkylation sites (tertiary alicyclic amines) is 1. The normalized spacial score (nSPS) is 15.7. The van der Waals surface area contributed by atoms with Gasteiger partial charge >= 0.3 is 0 Å². The van der Waals surface area contributed by atoms with Crippen molar-refractivity contribution in [2.24, 2.45) is 0 Å². The molecule has 2 heterocycles. The van der Waals surface area contributed by atoms with Crippen LogP contribution in [0.5, 0.6) is 0 Å². The Bertz CT molecular complexity index is 1120. The molecule has 5 rings (SSSR count). The van der Waals surface area contributed by atoms with Crippen LogP contribution in [0.3, 0.4) is 0 Å². The number of oxazole rings is 1. The number of fused-ring (bicyclic) bond motifs is 2. The summed E-state index contributed by atoms with van der Waals surface area (Å²) in [7, 11) is 0. The zero-order valence-electron chi connectivity index (χ0n) is 16.2. The summed E-state index contributed by atoms with van der Waals surface area (Å²) >= 11 is 0. The molecule has 5 heteroatoms. The van der Waals surface area contributed by atoms with E-state index in [1.165, 1.54) is 0 Å². The van der Waals surface area contributed by atoms with Crippen molar-refractivity contribution in [2.75, 3.05) is 25.0 Å². The number of anilines is 1. The average Bonchev–Trinajstić information content (AvgIpc) is 3.19. The maximum absolute atomic E-state index is 12.6. The molecule has 0 spiro atoms. The van der Waals surface area contributed by atoms with Gasteiger partial charge in [-0.2, -0.15) is 0 Å². The van der Waals surface area contributed by atoms with Crippen LogP contribution >= 0.6 is 0 Å². The van der Waals surface area contributed by atoms with Crippen molar-refractivity contribution in [2.45, 2.75) is 18.8 Å². The van der Waals surface area contributed by atoms with Gasteiger partial charge in [-0.3, -0.25) is 9.69 Å². The van der Waals surface area contributed by atoms with Crippen LogP contribution < -0.4 is 5.32 Å². The Labute approximate surface area is 169 Å². The fourth-order valence-corrected chi connectivity index (χ4v) is 4.13. The number of para-hydroxylation sites is 2. The van der Waals surface area contributed by atoms with Crippen LogP contribution in [-0.2, 0) is 4.79 Å². The molecule has 1 N–H and O–H groups in total. The van der Waals surface area contributed by atoms with E-state index >= 15 is 0 Å². The molecule has 1 aliphatic rings. The number of hydrogen-bond acceptors (Lipinski definition) is 4. The molecule has 0 atom stereocenters. The molecule has 3 aromatic carbocycles. The molecule has 29 heavy (non-hydrogen) atoms. The summed E-state index contributed by atoms with van der Waals surface area (Å²) in [4.78, 5) is 19.5. The minimum Gasteiger partial charge on any atom is -0.440 e. The van der Waals surface area contributed by atoms with Crippen LogP contribution in [0.2, 0.25) is 0 Å². The van der Waals surface area contributed by atoms with E-state index in [0.29, 0.717) is 12.5 Å². The molecule has 4 aromatic rings. The van der Waals surface area contributed by atoms with Crippen LogP contribution in [-0.4, -0.2) is 35.4 Å². The van der Waals surface area contributed by atoms with Crippen molar-refractivity contribution in [3.63, 3.8) is 0 Å². The second-order valence-electron chi connectivity index (χ2n) is 7.65. The third-order valence-electron chi connectivity index (χ3n) is 5.68. The molecule has 5 nitrogen and oxygen atoms in total. The van der Waals surface area contributed by atoms with E-state index in [4.69, 9.17) is 4.42 Å². The Kier molecular flexibility index (Phi) is 4.74. The molecular formula is C24H23N3O2.